The number of amides is 1. The summed E-state index contributed by atoms with van der Waals surface area (Å²) in [5.74, 6) is -0.229. The van der Waals surface area contributed by atoms with Crippen molar-refractivity contribution in [1.29, 1.82) is 0 Å². The number of fused-ring (bicyclic) bond motifs is 1. The molecule has 6 nitrogen and oxygen atoms in total. The van der Waals surface area contributed by atoms with E-state index in [1.807, 2.05) is 6.92 Å². The summed E-state index contributed by atoms with van der Waals surface area (Å²) >= 11 is 1.15. The molecule has 172 valence electrons. The summed E-state index contributed by atoms with van der Waals surface area (Å²) < 4.78 is 64.7. The molecule has 11 heteroatoms. The van der Waals surface area contributed by atoms with Crippen LogP contribution in [0.25, 0.3) is 15.9 Å². The minimum Gasteiger partial charge on any atom is -0.334 e. The Morgan fingerprint density at radius 1 is 1.31 bits per heavy atom. The molecule has 0 aliphatic carbocycles. The number of aromatic nitrogens is 2. The smallest absolute Gasteiger partial charge is 0.334 e. The average Bonchev–Trinajstić information content (AvgIpc) is 3.40. The van der Waals surface area contributed by atoms with Gasteiger partial charge in [0.05, 0.1) is 33.3 Å². The third-order valence-electron chi connectivity index (χ3n) is 5.55. The number of rotatable bonds is 5. The molecule has 1 fully saturated rings. The van der Waals surface area contributed by atoms with Crippen LogP contribution in [0.3, 0.4) is 0 Å². The van der Waals surface area contributed by atoms with E-state index in [1.165, 1.54) is 16.8 Å². The van der Waals surface area contributed by atoms with Crippen molar-refractivity contribution in [3.63, 3.8) is 0 Å². The second kappa shape index (κ2) is 8.18. The first-order chi connectivity index (χ1) is 15.0. The number of halogens is 3. The number of nitrogens with zero attached hydrogens (tertiary/aromatic N) is 3. The van der Waals surface area contributed by atoms with Gasteiger partial charge >= 0.3 is 6.18 Å². The zero-order valence-corrected chi connectivity index (χ0v) is 19.1. The Morgan fingerprint density at radius 2 is 2.06 bits per heavy atom. The number of sulfone groups is 1. The normalized spacial score (nSPS) is 18.3. The molecule has 1 saturated heterocycles. The van der Waals surface area contributed by atoms with E-state index in [4.69, 9.17) is 0 Å². The van der Waals surface area contributed by atoms with Crippen LogP contribution in [0.2, 0.25) is 0 Å². The summed E-state index contributed by atoms with van der Waals surface area (Å²) in [7, 11) is -3.15. The third-order valence-corrected chi connectivity index (χ3v) is 8.40. The molecule has 1 unspecified atom stereocenters. The Hall–Kier alpha value is -2.40. The fourth-order valence-corrected chi connectivity index (χ4v) is 6.86. The Balaban J connectivity index is 1.72. The van der Waals surface area contributed by atoms with Crippen molar-refractivity contribution in [2.45, 2.75) is 38.9 Å². The predicted octanol–water partition coefficient (Wildman–Crippen LogP) is 4.45. The standard InChI is InChI=1S/C21H22F3N3O3S2/c1-3-8-26(16-7-9-32(29,30)12-16)19(28)18-11-17-13(2)25-27(20(17)31-18)15-6-4-5-14(10-15)21(22,23)24/h4-6,10-11,16H,3,7-9,12H2,1-2H3. The van der Waals surface area contributed by atoms with Crippen LogP contribution in [0.15, 0.2) is 30.3 Å². The van der Waals surface area contributed by atoms with Crippen molar-refractivity contribution in [3.05, 3.63) is 46.5 Å². The lowest BCUT2D eigenvalue weighted by Gasteiger charge is -2.27. The maximum absolute atomic E-state index is 13.3. The van der Waals surface area contributed by atoms with Crippen LogP contribution in [-0.4, -0.2) is 53.1 Å². The average molecular weight is 486 g/mol. The molecular formula is C21H22F3N3O3S2. The van der Waals surface area contributed by atoms with Gasteiger partial charge in [0.15, 0.2) is 9.84 Å². The highest BCUT2D eigenvalue weighted by Gasteiger charge is 2.35. The number of carbonyl (C=O) groups excluding carboxylic acids is 1. The van der Waals surface area contributed by atoms with Gasteiger partial charge in [-0.25, -0.2) is 13.1 Å². The van der Waals surface area contributed by atoms with E-state index in [-0.39, 0.29) is 29.1 Å². The Morgan fingerprint density at radius 3 is 2.69 bits per heavy atom. The number of benzene rings is 1. The first-order valence-electron chi connectivity index (χ1n) is 10.2. The highest BCUT2D eigenvalue weighted by atomic mass is 32.2. The topological polar surface area (TPSA) is 72.3 Å². The molecule has 3 aromatic rings. The molecule has 1 atom stereocenters. The molecule has 1 aromatic carbocycles. The van der Waals surface area contributed by atoms with E-state index in [1.54, 1.807) is 17.9 Å². The maximum Gasteiger partial charge on any atom is 0.416 e. The Kier molecular flexibility index (Phi) is 5.83. The van der Waals surface area contributed by atoms with E-state index in [9.17, 15) is 26.4 Å². The Labute approximate surface area is 187 Å². The molecular weight excluding hydrogens is 463 g/mol. The summed E-state index contributed by atoms with van der Waals surface area (Å²) in [5.41, 5.74) is 0.0741. The van der Waals surface area contributed by atoms with Gasteiger partial charge in [-0.05, 0) is 44.0 Å². The van der Waals surface area contributed by atoms with Crippen molar-refractivity contribution in [1.82, 2.24) is 14.7 Å². The number of thiophene rings is 1. The zero-order chi connectivity index (χ0) is 23.3. The number of alkyl halides is 3. The molecule has 0 radical (unpaired) electrons. The van der Waals surface area contributed by atoms with Crippen molar-refractivity contribution in [3.8, 4) is 5.69 Å². The van der Waals surface area contributed by atoms with Gasteiger partial charge in [-0.1, -0.05) is 13.0 Å². The van der Waals surface area contributed by atoms with Crippen LogP contribution < -0.4 is 0 Å². The molecule has 1 amide bonds. The van der Waals surface area contributed by atoms with Crippen molar-refractivity contribution >= 4 is 37.3 Å². The van der Waals surface area contributed by atoms with Crippen LogP contribution >= 0.6 is 11.3 Å². The highest BCUT2D eigenvalue weighted by Crippen LogP contribution is 2.34. The van der Waals surface area contributed by atoms with Crippen LogP contribution in [0, 0.1) is 6.92 Å². The number of carbonyl (C=O) groups is 1. The lowest BCUT2D eigenvalue weighted by Crippen LogP contribution is -2.41. The van der Waals surface area contributed by atoms with Crippen molar-refractivity contribution in [2.24, 2.45) is 0 Å². The van der Waals surface area contributed by atoms with Gasteiger partial charge in [0.25, 0.3) is 5.91 Å². The summed E-state index contributed by atoms with van der Waals surface area (Å²) in [6.45, 7) is 4.09. The molecule has 32 heavy (non-hydrogen) atoms. The minimum atomic E-state index is -4.48. The first kappa shape index (κ1) is 22.8. The SMILES string of the molecule is CCCN(C(=O)c1cc2c(C)nn(-c3cccc(C(F)(F)F)c3)c2s1)C1CCS(=O)(=O)C1. The van der Waals surface area contributed by atoms with Gasteiger partial charge in [0.2, 0.25) is 0 Å². The van der Waals surface area contributed by atoms with Gasteiger partial charge in [0, 0.05) is 18.0 Å². The largest absolute Gasteiger partial charge is 0.416 e. The highest BCUT2D eigenvalue weighted by molar-refractivity contribution is 7.91. The van der Waals surface area contributed by atoms with Crippen molar-refractivity contribution in [2.75, 3.05) is 18.1 Å². The van der Waals surface area contributed by atoms with Crippen LogP contribution in [0.4, 0.5) is 13.2 Å². The monoisotopic (exact) mass is 485 g/mol. The summed E-state index contributed by atoms with van der Waals surface area (Å²) in [6.07, 6.45) is -3.38. The van der Waals surface area contributed by atoms with Crippen LogP contribution in [-0.2, 0) is 16.0 Å². The van der Waals surface area contributed by atoms with Gasteiger partial charge in [-0.15, -0.1) is 11.3 Å². The molecule has 0 spiro atoms. The molecule has 1 aliphatic heterocycles. The molecule has 3 heterocycles. The van der Waals surface area contributed by atoms with E-state index in [0.29, 0.717) is 40.2 Å². The Bertz CT molecular complexity index is 1280. The molecule has 2 aromatic heterocycles. The van der Waals surface area contributed by atoms with Crippen LogP contribution in [0.5, 0.6) is 0 Å². The lowest BCUT2D eigenvalue weighted by molar-refractivity contribution is -0.137. The van der Waals surface area contributed by atoms with Gasteiger partial charge in [0.1, 0.15) is 4.83 Å². The van der Waals surface area contributed by atoms with Gasteiger partial charge < -0.3 is 4.90 Å². The molecule has 1 aliphatic rings. The number of hydrogen-bond donors (Lipinski definition) is 0. The van der Waals surface area contributed by atoms with Crippen molar-refractivity contribution < 1.29 is 26.4 Å². The summed E-state index contributed by atoms with van der Waals surface area (Å²) in [4.78, 5) is 15.9. The second-order valence-corrected chi connectivity index (χ2v) is 11.2. The fraction of sp³-hybridized carbons (Fsp3) is 0.429. The molecule has 4 rings (SSSR count). The summed E-state index contributed by atoms with van der Waals surface area (Å²) in [5, 5.41) is 5.06. The third kappa shape index (κ3) is 4.27. The molecule has 0 bridgehead atoms. The minimum absolute atomic E-state index is 0.0410. The number of hydrogen-bond acceptors (Lipinski definition) is 5. The number of aryl methyl sites for hydroxylation is 1. The van der Waals surface area contributed by atoms with E-state index < -0.39 is 21.6 Å². The van der Waals surface area contributed by atoms with Gasteiger partial charge in [-0.3, -0.25) is 4.79 Å². The van der Waals surface area contributed by atoms with E-state index >= 15 is 0 Å². The lowest BCUT2D eigenvalue weighted by atomic mass is 10.2. The maximum atomic E-state index is 13.3. The zero-order valence-electron chi connectivity index (χ0n) is 17.5. The second-order valence-electron chi connectivity index (χ2n) is 7.93. The van der Waals surface area contributed by atoms with Gasteiger partial charge in [-0.2, -0.15) is 18.3 Å². The quantitative estimate of drug-likeness (QED) is 0.535. The predicted molar refractivity (Wildman–Crippen MR) is 117 cm³/mol. The van der Waals surface area contributed by atoms with Crippen LogP contribution in [0.1, 0.15) is 40.7 Å². The van der Waals surface area contributed by atoms with E-state index in [2.05, 4.69) is 5.10 Å². The first-order valence-corrected chi connectivity index (χ1v) is 12.8. The fourth-order valence-electron chi connectivity index (χ4n) is 4.00. The molecule has 0 N–H and O–H groups in total. The van der Waals surface area contributed by atoms with E-state index in [0.717, 1.165) is 23.5 Å². The summed E-state index contributed by atoms with van der Waals surface area (Å²) in [6, 6.07) is 6.22. The molecule has 0 saturated carbocycles.